The van der Waals surface area contributed by atoms with Gasteiger partial charge in [-0.15, -0.1) is 0 Å². The minimum absolute atomic E-state index is 0.0640. The summed E-state index contributed by atoms with van der Waals surface area (Å²) in [5, 5.41) is 3.13. The van der Waals surface area contributed by atoms with Crippen LogP contribution in [0, 0.1) is 0 Å². The lowest BCUT2D eigenvalue weighted by Gasteiger charge is -2.33. The summed E-state index contributed by atoms with van der Waals surface area (Å²) >= 11 is 0. The molecular weight excluding hydrogens is 435 g/mol. The Morgan fingerprint density at radius 3 is 2.52 bits per heavy atom. The average molecular weight is 464 g/mol. The number of halogens is 3. The number of hydrogen-bond donors (Lipinski definition) is 1. The van der Waals surface area contributed by atoms with Crippen LogP contribution < -0.4 is 10.1 Å². The first-order chi connectivity index (χ1) is 15.6. The van der Waals surface area contributed by atoms with E-state index in [4.69, 9.17) is 9.47 Å². The largest absolute Gasteiger partial charge is 0.463 e. The fourth-order valence-corrected chi connectivity index (χ4v) is 4.05. The van der Waals surface area contributed by atoms with Crippen molar-refractivity contribution >= 4 is 11.7 Å². The Labute approximate surface area is 191 Å². The molecule has 0 radical (unpaired) electrons. The molecule has 178 valence electrons. The van der Waals surface area contributed by atoms with Crippen LogP contribution in [0.3, 0.4) is 0 Å². The molecule has 1 aliphatic rings. The van der Waals surface area contributed by atoms with Gasteiger partial charge in [0.25, 0.3) is 0 Å². The Kier molecular flexibility index (Phi) is 7.31. The molecule has 9 heteroatoms. The maximum atomic E-state index is 14.0. The zero-order valence-electron chi connectivity index (χ0n) is 19.3. The topological polar surface area (TPSA) is 63.7 Å². The summed E-state index contributed by atoms with van der Waals surface area (Å²) in [7, 11) is 3.68. The number of rotatable bonds is 7. The van der Waals surface area contributed by atoms with E-state index in [0.29, 0.717) is 23.4 Å². The van der Waals surface area contributed by atoms with Crippen molar-refractivity contribution in [1.82, 2.24) is 9.88 Å². The van der Waals surface area contributed by atoms with Crippen molar-refractivity contribution in [2.24, 2.45) is 0 Å². The fraction of sp³-hybridized carbons (Fsp3) is 0.417. The second-order valence-corrected chi connectivity index (χ2v) is 7.92. The third-order valence-electron chi connectivity index (χ3n) is 5.50. The zero-order valence-corrected chi connectivity index (χ0v) is 19.3. The fourth-order valence-electron chi connectivity index (χ4n) is 4.05. The van der Waals surface area contributed by atoms with Crippen LogP contribution in [0.4, 0.5) is 18.9 Å². The van der Waals surface area contributed by atoms with Gasteiger partial charge >= 0.3 is 12.1 Å². The first-order valence-electron chi connectivity index (χ1n) is 10.7. The van der Waals surface area contributed by atoms with Crippen LogP contribution in [0.15, 0.2) is 47.8 Å². The van der Waals surface area contributed by atoms with Crippen LogP contribution in [0.25, 0.3) is 0 Å². The van der Waals surface area contributed by atoms with Gasteiger partial charge in [-0.3, -0.25) is 4.90 Å². The predicted molar refractivity (Wildman–Crippen MR) is 119 cm³/mol. The van der Waals surface area contributed by atoms with Gasteiger partial charge in [0.1, 0.15) is 0 Å². The van der Waals surface area contributed by atoms with Crippen LogP contribution in [0.2, 0.25) is 0 Å². The van der Waals surface area contributed by atoms with Crippen LogP contribution in [-0.4, -0.2) is 42.8 Å². The molecule has 2 heterocycles. The lowest BCUT2D eigenvalue weighted by atomic mass is 9.79. The van der Waals surface area contributed by atoms with Gasteiger partial charge in [-0.25, -0.2) is 9.78 Å². The van der Waals surface area contributed by atoms with Gasteiger partial charge in [0, 0.05) is 17.6 Å². The minimum Gasteiger partial charge on any atom is -0.463 e. The number of nitrogens with zero attached hydrogens (tertiary/aromatic N) is 2. The highest BCUT2D eigenvalue weighted by Gasteiger charge is 2.42. The molecule has 2 aromatic rings. The lowest BCUT2D eigenvalue weighted by molar-refractivity contribution is -0.140. The third kappa shape index (κ3) is 4.98. The van der Waals surface area contributed by atoms with E-state index in [-0.39, 0.29) is 29.9 Å². The summed E-state index contributed by atoms with van der Waals surface area (Å²) in [6, 6.07) is 6.91. The van der Waals surface area contributed by atoms with Gasteiger partial charge in [0.05, 0.1) is 29.2 Å². The number of pyridine rings is 1. The second-order valence-electron chi connectivity index (χ2n) is 7.92. The molecule has 2 unspecified atom stereocenters. The van der Waals surface area contributed by atoms with E-state index in [0.717, 1.165) is 6.07 Å². The predicted octanol–water partition coefficient (Wildman–Crippen LogP) is 5.17. The molecular formula is C24H28F3N3O3. The molecule has 0 fully saturated rings. The summed E-state index contributed by atoms with van der Waals surface area (Å²) in [6.45, 7) is 5.32. The van der Waals surface area contributed by atoms with E-state index in [1.165, 1.54) is 24.4 Å². The monoisotopic (exact) mass is 463 g/mol. The number of esters is 1. The Bertz CT molecular complexity index is 1050. The van der Waals surface area contributed by atoms with Crippen LogP contribution in [-0.2, 0) is 15.7 Å². The van der Waals surface area contributed by atoms with Gasteiger partial charge in [0.15, 0.2) is 6.23 Å². The van der Waals surface area contributed by atoms with Crippen molar-refractivity contribution in [3.8, 4) is 5.88 Å². The summed E-state index contributed by atoms with van der Waals surface area (Å²) < 4.78 is 53.4. The van der Waals surface area contributed by atoms with Crippen molar-refractivity contribution in [2.45, 2.75) is 45.5 Å². The first-order valence-corrected chi connectivity index (χ1v) is 10.7. The van der Waals surface area contributed by atoms with Crippen molar-refractivity contribution in [2.75, 3.05) is 26.0 Å². The molecule has 33 heavy (non-hydrogen) atoms. The summed E-state index contributed by atoms with van der Waals surface area (Å²) in [5.74, 6) is -1.61. The molecule has 6 nitrogen and oxygen atoms in total. The smallest absolute Gasteiger partial charge is 0.416 e. The Morgan fingerprint density at radius 1 is 1.21 bits per heavy atom. The Hall–Kier alpha value is -3.07. The van der Waals surface area contributed by atoms with Crippen LogP contribution >= 0.6 is 0 Å². The molecule has 1 aliphatic heterocycles. The number of benzene rings is 1. The van der Waals surface area contributed by atoms with Gasteiger partial charge in [-0.05, 0) is 52.1 Å². The second kappa shape index (κ2) is 9.82. The van der Waals surface area contributed by atoms with Crippen LogP contribution in [0.1, 0.15) is 49.8 Å². The van der Waals surface area contributed by atoms with Crippen molar-refractivity contribution < 1.29 is 27.4 Å². The number of carbonyl (C=O) groups is 1. The number of nitrogens with one attached hydrogen (secondary N) is 1. The molecule has 0 amide bonds. The van der Waals surface area contributed by atoms with Crippen molar-refractivity contribution in [1.29, 1.82) is 0 Å². The van der Waals surface area contributed by atoms with Gasteiger partial charge < -0.3 is 14.8 Å². The number of ether oxygens (including phenoxy) is 2. The number of fused-ring (bicyclic) bond motifs is 1. The molecule has 0 spiro atoms. The van der Waals surface area contributed by atoms with E-state index in [1.807, 2.05) is 25.9 Å². The number of anilines is 1. The number of carbonyl (C=O) groups excluding carboxylic acids is 1. The third-order valence-corrected chi connectivity index (χ3v) is 5.50. The van der Waals surface area contributed by atoms with E-state index >= 15 is 0 Å². The van der Waals surface area contributed by atoms with E-state index in [9.17, 15) is 18.0 Å². The van der Waals surface area contributed by atoms with E-state index in [2.05, 4.69) is 10.3 Å². The summed E-state index contributed by atoms with van der Waals surface area (Å²) in [6.07, 6.45) is -2.83. The number of alkyl halides is 3. The quantitative estimate of drug-likeness (QED) is 0.452. The summed E-state index contributed by atoms with van der Waals surface area (Å²) in [5.41, 5.74) is 0.513. The normalized spacial score (nSPS) is 16.8. The Balaban J connectivity index is 2.30. The molecule has 2 atom stereocenters. The minimum atomic E-state index is -4.62. The van der Waals surface area contributed by atoms with Gasteiger partial charge in [-0.2, -0.15) is 13.2 Å². The summed E-state index contributed by atoms with van der Waals surface area (Å²) in [4.78, 5) is 19.2. The number of allylic oxidation sites excluding steroid dienone is 1. The van der Waals surface area contributed by atoms with E-state index < -0.39 is 23.6 Å². The first kappa shape index (κ1) is 24.6. The van der Waals surface area contributed by atoms with Crippen molar-refractivity contribution in [3.05, 3.63) is 64.5 Å². The average Bonchev–Trinajstić information content (AvgIpc) is 2.75. The molecule has 0 saturated carbocycles. The highest BCUT2D eigenvalue weighted by Crippen LogP contribution is 2.49. The molecule has 1 N–H and O–H groups in total. The molecule has 0 aliphatic carbocycles. The molecule has 0 bridgehead atoms. The highest BCUT2D eigenvalue weighted by atomic mass is 19.4. The lowest BCUT2D eigenvalue weighted by Crippen LogP contribution is -2.34. The standard InChI is InChI=1S/C24H28F3N3O3/c1-6-18(30(4)5)33-22-21-17(12-13-28-22)29-14(3)19(23(31)32-7-2)20(21)15-10-8-9-11-16(15)24(25,26)27/h8-13,18,20,29H,6-7H2,1-5H3. The maximum Gasteiger partial charge on any atom is 0.416 e. The van der Waals surface area contributed by atoms with Crippen molar-refractivity contribution in [3.63, 3.8) is 0 Å². The molecule has 1 aromatic heterocycles. The van der Waals surface area contributed by atoms with Crippen LogP contribution in [0.5, 0.6) is 5.88 Å². The molecule has 3 rings (SSSR count). The van der Waals surface area contributed by atoms with Gasteiger partial charge in [0.2, 0.25) is 5.88 Å². The number of aromatic nitrogens is 1. The molecule has 0 saturated heterocycles. The zero-order chi connectivity index (χ0) is 24.3. The molecule has 1 aromatic carbocycles. The maximum absolute atomic E-state index is 14.0. The highest BCUT2D eigenvalue weighted by molar-refractivity contribution is 5.95. The SMILES string of the molecule is CCOC(=O)C1=C(C)Nc2ccnc(OC(CC)N(C)C)c2C1c1ccccc1C(F)(F)F. The van der Waals surface area contributed by atoms with Gasteiger partial charge in [-0.1, -0.05) is 25.1 Å². The number of hydrogen-bond acceptors (Lipinski definition) is 6. The Morgan fingerprint density at radius 2 is 1.91 bits per heavy atom. The van der Waals surface area contributed by atoms with E-state index in [1.54, 1.807) is 19.9 Å².